The van der Waals surface area contributed by atoms with Crippen LogP contribution in [-0.2, 0) is 0 Å². The van der Waals surface area contributed by atoms with Crippen LogP contribution in [0.15, 0.2) is 70.0 Å². The Morgan fingerprint density at radius 2 is 1.85 bits per heavy atom. The third-order valence-corrected chi connectivity index (χ3v) is 5.12. The SMILES string of the molecule is O=c1oc2cc(N3CCNCC3)ccc2cc1-c1ccc2ncccc2c1. The molecule has 1 saturated heterocycles. The summed E-state index contributed by atoms with van der Waals surface area (Å²) in [5.41, 5.74) is 3.73. The van der Waals surface area contributed by atoms with Crippen molar-refractivity contribution in [3.63, 3.8) is 0 Å². The molecular weight excluding hydrogens is 338 g/mol. The topological polar surface area (TPSA) is 58.4 Å². The predicted octanol–water partition coefficient (Wildman–Crippen LogP) is 3.42. The van der Waals surface area contributed by atoms with Gasteiger partial charge in [0.15, 0.2) is 0 Å². The number of nitrogens with zero attached hydrogens (tertiary/aromatic N) is 2. The Morgan fingerprint density at radius 3 is 2.74 bits per heavy atom. The Morgan fingerprint density at radius 1 is 0.963 bits per heavy atom. The second-order valence-corrected chi connectivity index (χ2v) is 6.82. The van der Waals surface area contributed by atoms with E-state index in [9.17, 15) is 4.79 Å². The summed E-state index contributed by atoms with van der Waals surface area (Å²) < 4.78 is 5.68. The van der Waals surface area contributed by atoms with E-state index in [0.717, 1.165) is 53.7 Å². The van der Waals surface area contributed by atoms with E-state index in [4.69, 9.17) is 4.42 Å². The molecule has 1 N–H and O–H groups in total. The number of rotatable bonds is 2. The number of aromatic nitrogens is 1. The van der Waals surface area contributed by atoms with E-state index in [1.165, 1.54) is 0 Å². The molecule has 5 nitrogen and oxygen atoms in total. The van der Waals surface area contributed by atoms with Crippen LogP contribution in [0.3, 0.4) is 0 Å². The Balaban J connectivity index is 1.58. The number of nitrogens with one attached hydrogen (secondary N) is 1. The van der Waals surface area contributed by atoms with Crippen LogP contribution in [0, 0.1) is 0 Å². The van der Waals surface area contributed by atoms with Gasteiger partial charge in [0.25, 0.3) is 0 Å². The number of anilines is 1. The fourth-order valence-corrected chi connectivity index (χ4v) is 3.66. The smallest absolute Gasteiger partial charge is 0.344 e. The largest absolute Gasteiger partial charge is 0.422 e. The molecule has 1 aliphatic rings. The monoisotopic (exact) mass is 357 g/mol. The highest BCUT2D eigenvalue weighted by atomic mass is 16.4. The third-order valence-electron chi connectivity index (χ3n) is 5.12. The average Bonchev–Trinajstić information content (AvgIpc) is 2.73. The minimum Gasteiger partial charge on any atom is -0.422 e. The minimum atomic E-state index is -0.316. The average molecular weight is 357 g/mol. The lowest BCUT2D eigenvalue weighted by Gasteiger charge is -2.29. The maximum atomic E-state index is 12.7. The van der Waals surface area contributed by atoms with Gasteiger partial charge in [0.05, 0.1) is 11.1 Å². The molecule has 0 radical (unpaired) electrons. The van der Waals surface area contributed by atoms with E-state index in [1.54, 1.807) is 6.20 Å². The Bertz CT molecular complexity index is 1190. The van der Waals surface area contributed by atoms with Crippen LogP contribution < -0.4 is 15.8 Å². The summed E-state index contributed by atoms with van der Waals surface area (Å²) in [6, 6.07) is 17.7. The molecule has 0 unspecified atom stereocenters. The second-order valence-electron chi connectivity index (χ2n) is 6.82. The first kappa shape index (κ1) is 16.0. The second kappa shape index (κ2) is 6.52. The lowest BCUT2D eigenvalue weighted by molar-refractivity contribution is 0.562. The van der Waals surface area contributed by atoms with E-state index in [-0.39, 0.29) is 5.63 Å². The number of piperazine rings is 1. The molecule has 5 rings (SSSR count). The highest BCUT2D eigenvalue weighted by Crippen LogP contribution is 2.27. The third kappa shape index (κ3) is 2.96. The van der Waals surface area contributed by atoms with Gasteiger partial charge in [-0.25, -0.2) is 4.79 Å². The fourth-order valence-electron chi connectivity index (χ4n) is 3.66. The van der Waals surface area contributed by atoms with Crippen LogP contribution in [0.25, 0.3) is 33.0 Å². The summed E-state index contributed by atoms with van der Waals surface area (Å²) >= 11 is 0. The molecule has 27 heavy (non-hydrogen) atoms. The summed E-state index contributed by atoms with van der Waals surface area (Å²) in [6.45, 7) is 3.85. The quantitative estimate of drug-likeness (QED) is 0.557. The highest BCUT2D eigenvalue weighted by Gasteiger charge is 2.13. The van der Waals surface area contributed by atoms with Crippen LogP contribution in [-0.4, -0.2) is 31.2 Å². The molecule has 0 bridgehead atoms. The first-order valence-corrected chi connectivity index (χ1v) is 9.17. The standard InChI is InChI=1S/C22H19N3O2/c26-22-19(15-4-6-20-16(12-15)2-1-7-24-20)13-17-3-5-18(14-21(17)27-22)25-10-8-23-9-11-25/h1-7,12-14,23H,8-11H2. The molecule has 5 heteroatoms. The molecule has 134 valence electrons. The molecular formula is C22H19N3O2. The summed E-state index contributed by atoms with van der Waals surface area (Å²) in [6.07, 6.45) is 1.77. The Labute approximate surface area is 156 Å². The fraction of sp³-hybridized carbons (Fsp3) is 0.182. The van der Waals surface area contributed by atoms with Gasteiger partial charge in [-0.05, 0) is 42.0 Å². The van der Waals surface area contributed by atoms with Crippen molar-refractivity contribution in [3.05, 3.63) is 71.2 Å². The lowest BCUT2D eigenvalue weighted by atomic mass is 10.0. The summed E-state index contributed by atoms with van der Waals surface area (Å²) in [7, 11) is 0. The number of benzene rings is 2. The summed E-state index contributed by atoms with van der Waals surface area (Å²) in [5, 5.41) is 5.28. The van der Waals surface area contributed by atoms with Crippen LogP contribution in [0.5, 0.6) is 0 Å². The minimum absolute atomic E-state index is 0.316. The van der Waals surface area contributed by atoms with Crippen LogP contribution in [0.2, 0.25) is 0 Å². The lowest BCUT2D eigenvalue weighted by Crippen LogP contribution is -2.43. The predicted molar refractivity (Wildman–Crippen MR) is 108 cm³/mol. The molecule has 1 aliphatic heterocycles. The first-order valence-electron chi connectivity index (χ1n) is 9.17. The van der Waals surface area contributed by atoms with Crippen LogP contribution in [0.1, 0.15) is 0 Å². The van der Waals surface area contributed by atoms with Gasteiger partial charge in [0.1, 0.15) is 5.58 Å². The van der Waals surface area contributed by atoms with Crippen molar-refractivity contribution in [1.82, 2.24) is 10.3 Å². The van der Waals surface area contributed by atoms with Crippen molar-refractivity contribution in [2.45, 2.75) is 0 Å². The van der Waals surface area contributed by atoms with E-state index in [2.05, 4.69) is 21.3 Å². The molecule has 3 heterocycles. The summed E-state index contributed by atoms with van der Waals surface area (Å²) in [4.78, 5) is 19.3. The molecule has 2 aromatic carbocycles. The molecule has 0 saturated carbocycles. The van der Waals surface area contributed by atoms with Crippen molar-refractivity contribution in [1.29, 1.82) is 0 Å². The number of fused-ring (bicyclic) bond motifs is 2. The maximum absolute atomic E-state index is 12.7. The molecule has 0 atom stereocenters. The molecule has 0 amide bonds. The van der Waals surface area contributed by atoms with Gasteiger partial charge < -0.3 is 14.6 Å². The summed E-state index contributed by atoms with van der Waals surface area (Å²) in [5.74, 6) is 0. The van der Waals surface area contributed by atoms with Gasteiger partial charge in [-0.15, -0.1) is 0 Å². The van der Waals surface area contributed by atoms with Crippen LogP contribution in [0.4, 0.5) is 5.69 Å². The molecule has 0 aliphatic carbocycles. The zero-order valence-electron chi connectivity index (χ0n) is 14.8. The molecule has 0 spiro atoms. The molecule has 2 aromatic heterocycles. The van der Waals surface area contributed by atoms with E-state index >= 15 is 0 Å². The molecule has 4 aromatic rings. The van der Waals surface area contributed by atoms with Gasteiger partial charge in [-0.2, -0.15) is 0 Å². The maximum Gasteiger partial charge on any atom is 0.344 e. The molecule has 1 fully saturated rings. The normalized spacial score (nSPS) is 14.7. The van der Waals surface area contributed by atoms with E-state index < -0.39 is 0 Å². The Kier molecular flexibility index (Phi) is 3.87. The van der Waals surface area contributed by atoms with Crippen molar-refractivity contribution in [2.24, 2.45) is 0 Å². The van der Waals surface area contributed by atoms with Gasteiger partial charge in [0.2, 0.25) is 0 Å². The first-order chi connectivity index (χ1) is 13.3. The zero-order valence-corrected chi connectivity index (χ0v) is 14.8. The van der Waals surface area contributed by atoms with E-state index in [1.807, 2.05) is 48.5 Å². The van der Waals surface area contributed by atoms with E-state index in [0.29, 0.717) is 11.1 Å². The number of hydrogen-bond donors (Lipinski definition) is 1. The van der Waals surface area contributed by atoms with Crippen LogP contribution >= 0.6 is 0 Å². The van der Waals surface area contributed by atoms with Gasteiger partial charge in [-0.1, -0.05) is 12.1 Å². The number of hydrogen-bond acceptors (Lipinski definition) is 5. The van der Waals surface area contributed by atoms with Gasteiger partial charge in [-0.3, -0.25) is 4.98 Å². The van der Waals surface area contributed by atoms with Gasteiger partial charge in [0, 0.05) is 54.9 Å². The zero-order chi connectivity index (χ0) is 18.2. The number of pyridine rings is 1. The Hall–Kier alpha value is -3.18. The van der Waals surface area contributed by atoms with Crippen molar-refractivity contribution < 1.29 is 4.42 Å². The van der Waals surface area contributed by atoms with Crippen molar-refractivity contribution in [3.8, 4) is 11.1 Å². The van der Waals surface area contributed by atoms with Crippen molar-refractivity contribution in [2.75, 3.05) is 31.1 Å². The highest BCUT2D eigenvalue weighted by molar-refractivity contribution is 5.88. The van der Waals surface area contributed by atoms with Crippen molar-refractivity contribution >= 4 is 27.6 Å². The van der Waals surface area contributed by atoms with Gasteiger partial charge >= 0.3 is 5.63 Å².